The Morgan fingerprint density at radius 2 is 1.74 bits per heavy atom. The second-order valence-electron chi connectivity index (χ2n) is 17.4. The van der Waals surface area contributed by atoms with Crippen molar-refractivity contribution in [2.75, 3.05) is 20.6 Å². The van der Waals surface area contributed by atoms with Crippen LogP contribution in [0.15, 0.2) is 54.7 Å². The predicted octanol–water partition coefficient (Wildman–Crippen LogP) is 5.43. The van der Waals surface area contributed by atoms with E-state index in [4.69, 9.17) is 23.7 Å². The van der Waals surface area contributed by atoms with Gasteiger partial charge in [-0.3, -0.25) is 14.6 Å². The number of nitrogens with one attached hydrogen (secondary N) is 2. The minimum absolute atomic E-state index is 0.00184. The molecule has 0 spiro atoms. The highest BCUT2D eigenvalue weighted by atomic mass is 19.1. The monoisotopic (exact) mass is 852 g/mol. The van der Waals surface area contributed by atoms with E-state index in [2.05, 4.69) is 15.6 Å². The average Bonchev–Trinajstić information content (AvgIpc) is 3.54. The third kappa shape index (κ3) is 10.3. The number of pyridine rings is 1. The molecule has 3 saturated heterocycles. The molecule has 3 fully saturated rings. The fourth-order valence-corrected chi connectivity index (χ4v) is 8.97. The maximum atomic E-state index is 16.9. The Kier molecular flexibility index (Phi) is 14.8. The molecule has 61 heavy (non-hydrogen) atoms. The van der Waals surface area contributed by atoms with Crippen LogP contribution in [0.3, 0.4) is 0 Å². The van der Waals surface area contributed by atoms with Crippen LogP contribution in [-0.2, 0) is 38.1 Å². The Bertz CT molecular complexity index is 1930. The number of Topliss-reactive ketones (excluding diaryl/α,β-unsaturated/α-hetero) is 2. The lowest BCUT2D eigenvalue weighted by Gasteiger charge is -2.47. The molecule has 1 aromatic carbocycles. The van der Waals surface area contributed by atoms with Gasteiger partial charge < -0.3 is 44.3 Å². The zero-order valence-electron chi connectivity index (χ0n) is 36.7. The number of carbonyl (C=O) groups is 5. The lowest BCUT2D eigenvalue weighted by Crippen LogP contribution is -2.62. The van der Waals surface area contributed by atoms with Crippen LogP contribution >= 0.6 is 0 Å². The fourth-order valence-electron chi connectivity index (χ4n) is 8.97. The van der Waals surface area contributed by atoms with Crippen molar-refractivity contribution >= 4 is 35.8 Å². The number of amides is 2. The Morgan fingerprint density at radius 1 is 1.05 bits per heavy atom. The van der Waals surface area contributed by atoms with Gasteiger partial charge in [0, 0.05) is 42.1 Å². The highest BCUT2D eigenvalue weighted by Gasteiger charge is 2.60. The first kappa shape index (κ1) is 47.3. The molecular formula is C45H61FN4O11. The molecule has 15 nitrogen and oxygen atoms in total. The molecule has 0 bridgehead atoms. The summed E-state index contributed by atoms with van der Waals surface area (Å²) in [5.41, 5.74) is -4.23. The van der Waals surface area contributed by atoms with E-state index in [9.17, 15) is 29.1 Å². The SMILES string of the molecule is CC[C@H]1OC(=O)[C@@](C)(F)C(=O)[C@H](C)[C@@H](O[C@@H]2O[C@H](C)C[C@H](N(C)C)[C@H]2O)[C@](C)(OC(=O)NC/C=C/c2ccc(-c3ccccn3)cc2)C[C@@H](C)C(=O)[C@H](C)[C@H]2NC(=O)O[C@@]21C. The molecule has 0 radical (unpaired) electrons. The van der Waals surface area contributed by atoms with E-state index in [-0.39, 0.29) is 25.2 Å². The van der Waals surface area contributed by atoms with Crippen molar-refractivity contribution in [1.29, 1.82) is 0 Å². The zero-order chi connectivity index (χ0) is 45.0. The molecule has 2 amide bonds. The normalized spacial score (nSPS) is 36.4. The number of fused-ring (bicyclic) bond motifs is 1. The number of alkyl carbamates (subject to hydrolysis) is 2. The van der Waals surface area contributed by atoms with Crippen molar-refractivity contribution in [1.82, 2.24) is 20.5 Å². The van der Waals surface area contributed by atoms with Gasteiger partial charge in [0.2, 0.25) is 0 Å². The second-order valence-corrected chi connectivity index (χ2v) is 17.4. The molecule has 0 unspecified atom stereocenters. The molecule has 334 valence electrons. The van der Waals surface area contributed by atoms with E-state index in [0.29, 0.717) is 6.42 Å². The number of likely N-dealkylation sites (N-methyl/N-ethyl adjacent to an activating group) is 1. The van der Waals surface area contributed by atoms with Gasteiger partial charge >= 0.3 is 18.2 Å². The van der Waals surface area contributed by atoms with Crippen molar-refractivity contribution in [3.63, 3.8) is 0 Å². The lowest BCUT2D eigenvalue weighted by atomic mass is 9.73. The van der Waals surface area contributed by atoms with Gasteiger partial charge in [-0.1, -0.05) is 70.2 Å². The zero-order valence-corrected chi connectivity index (χ0v) is 36.7. The number of ether oxygens (including phenoxy) is 5. The number of cyclic esters (lactones) is 1. The van der Waals surface area contributed by atoms with Crippen LogP contribution in [0.2, 0.25) is 0 Å². The highest BCUT2D eigenvalue weighted by molar-refractivity contribution is 6.08. The van der Waals surface area contributed by atoms with Crippen LogP contribution in [0.4, 0.5) is 14.0 Å². The molecule has 0 saturated carbocycles. The summed E-state index contributed by atoms with van der Waals surface area (Å²) in [6, 6.07) is 11.8. The molecule has 1 aromatic heterocycles. The van der Waals surface area contributed by atoms with Crippen LogP contribution in [0, 0.1) is 17.8 Å². The summed E-state index contributed by atoms with van der Waals surface area (Å²) in [5, 5.41) is 16.9. The molecule has 5 rings (SSSR count). The van der Waals surface area contributed by atoms with Crippen LogP contribution in [0.5, 0.6) is 0 Å². The first-order chi connectivity index (χ1) is 28.6. The topological polar surface area (TPSA) is 192 Å². The lowest BCUT2D eigenvalue weighted by molar-refractivity contribution is -0.292. The number of hydrogen-bond acceptors (Lipinski definition) is 13. The quantitative estimate of drug-likeness (QED) is 0.165. The molecule has 3 aliphatic heterocycles. The van der Waals surface area contributed by atoms with E-state index in [0.717, 1.165) is 23.7 Å². The van der Waals surface area contributed by atoms with Gasteiger partial charge in [-0.05, 0) is 78.7 Å². The van der Waals surface area contributed by atoms with Crippen LogP contribution in [0.25, 0.3) is 17.3 Å². The smallest absolute Gasteiger partial charge is 0.408 e. The number of aromatic nitrogens is 1. The van der Waals surface area contributed by atoms with Gasteiger partial charge in [-0.2, -0.15) is 0 Å². The number of halogens is 1. The van der Waals surface area contributed by atoms with E-state index >= 15 is 4.39 Å². The molecule has 4 heterocycles. The number of rotatable bonds is 9. The third-order valence-electron chi connectivity index (χ3n) is 12.4. The van der Waals surface area contributed by atoms with Crippen LogP contribution in [-0.4, -0.2) is 125 Å². The highest BCUT2D eigenvalue weighted by Crippen LogP contribution is 2.41. The number of alkyl halides is 1. The maximum Gasteiger partial charge on any atom is 0.408 e. The van der Waals surface area contributed by atoms with Crippen LogP contribution < -0.4 is 10.6 Å². The van der Waals surface area contributed by atoms with Gasteiger partial charge in [-0.25, -0.2) is 18.8 Å². The number of esters is 1. The van der Waals surface area contributed by atoms with E-state index in [1.165, 1.54) is 20.8 Å². The molecular weight excluding hydrogens is 792 g/mol. The molecule has 16 heteroatoms. The van der Waals surface area contributed by atoms with Crippen molar-refractivity contribution in [2.45, 2.75) is 134 Å². The van der Waals surface area contributed by atoms with Crippen molar-refractivity contribution in [2.24, 2.45) is 17.8 Å². The van der Waals surface area contributed by atoms with Crippen molar-refractivity contribution < 1.29 is 57.2 Å². The molecule has 13 atom stereocenters. The number of nitrogens with zero attached hydrogens (tertiary/aromatic N) is 2. The average molecular weight is 853 g/mol. The molecule has 2 aromatic rings. The summed E-state index contributed by atoms with van der Waals surface area (Å²) in [6.45, 7) is 11.7. The number of aliphatic hydroxyl groups is 1. The number of hydrogen-bond donors (Lipinski definition) is 3. The summed E-state index contributed by atoms with van der Waals surface area (Å²) in [7, 11) is 3.56. The summed E-state index contributed by atoms with van der Waals surface area (Å²) in [5.74, 6) is -6.67. The molecule has 3 N–H and O–H groups in total. The Morgan fingerprint density at radius 3 is 2.36 bits per heavy atom. The fraction of sp³-hybridized carbons (Fsp3) is 0.600. The summed E-state index contributed by atoms with van der Waals surface area (Å²) in [6.07, 6.45) is -2.39. The number of ketones is 2. The van der Waals surface area contributed by atoms with E-state index < -0.39 is 101 Å². The molecule has 3 aliphatic rings. The standard InChI is InChI=1S/C45H61FN4O11/c1-11-33-45(8)36(49-42(56)61-45)27(4)34(51)25(2)24-43(6,60-41(55)48-22-14-15-29-17-19-30(20-18-29)31-16-12-13-21-47-31)38(28(5)37(53)44(7,46)40(54)58-33)59-39-35(52)32(50(9)10)23-26(3)57-39/h12-21,25-28,32-33,35-36,38-39,52H,11,22-24H2,1-10H3,(H,48,55)(H,49,56)/b15-14+/t25-,26-,27+,28+,32+,33-,35-,36-,38-,39+,43-,44+,45-/m1/s1. The number of aliphatic hydroxyl groups excluding tert-OH is 1. The first-order valence-corrected chi connectivity index (χ1v) is 20.9. The van der Waals surface area contributed by atoms with Crippen molar-refractivity contribution in [3.05, 3.63) is 60.3 Å². The van der Waals surface area contributed by atoms with Gasteiger partial charge in [-0.15, -0.1) is 0 Å². The largest absolute Gasteiger partial charge is 0.455 e. The second kappa shape index (κ2) is 19.1. The minimum Gasteiger partial charge on any atom is -0.455 e. The summed E-state index contributed by atoms with van der Waals surface area (Å²) < 4.78 is 47.0. The van der Waals surface area contributed by atoms with E-state index in [1.54, 1.807) is 65.0 Å². The summed E-state index contributed by atoms with van der Waals surface area (Å²) in [4.78, 5) is 75.3. The summed E-state index contributed by atoms with van der Waals surface area (Å²) >= 11 is 0. The maximum absolute atomic E-state index is 16.9. The number of carbonyl (C=O) groups excluding carboxylic acids is 5. The Labute approximate surface area is 357 Å². The van der Waals surface area contributed by atoms with E-state index in [1.807, 2.05) is 42.5 Å². The number of benzene rings is 1. The Balaban J connectivity index is 1.50. The molecule has 0 aliphatic carbocycles. The Hall–Kier alpha value is -4.77. The van der Waals surface area contributed by atoms with Gasteiger partial charge in [0.1, 0.15) is 29.7 Å². The van der Waals surface area contributed by atoms with Gasteiger partial charge in [0.25, 0.3) is 5.67 Å². The van der Waals surface area contributed by atoms with Gasteiger partial charge in [0.05, 0.1) is 17.8 Å². The third-order valence-corrected chi connectivity index (χ3v) is 12.4. The predicted molar refractivity (Wildman–Crippen MR) is 223 cm³/mol. The minimum atomic E-state index is -3.29. The van der Waals surface area contributed by atoms with Crippen molar-refractivity contribution in [3.8, 4) is 11.3 Å². The van der Waals surface area contributed by atoms with Crippen LogP contribution in [0.1, 0.15) is 80.2 Å². The first-order valence-electron chi connectivity index (χ1n) is 20.9. The van der Waals surface area contributed by atoms with Gasteiger partial charge in [0.15, 0.2) is 17.7 Å².